The summed E-state index contributed by atoms with van der Waals surface area (Å²) in [6.45, 7) is 6.51. The van der Waals surface area contributed by atoms with Crippen molar-refractivity contribution in [1.29, 1.82) is 0 Å². The van der Waals surface area contributed by atoms with Gasteiger partial charge in [0.15, 0.2) is 17.6 Å². The zero-order valence-corrected chi connectivity index (χ0v) is 24.3. The fraction of sp³-hybridized carbons (Fsp3) is 0.290. The Morgan fingerprint density at radius 2 is 1.75 bits per heavy atom. The van der Waals surface area contributed by atoms with Crippen LogP contribution >= 0.6 is 23.2 Å². The van der Waals surface area contributed by atoms with E-state index in [0.29, 0.717) is 46.1 Å². The lowest BCUT2D eigenvalue weighted by Gasteiger charge is -2.27. The molecule has 0 spiro atoms. The highest BCUT2D eigenvalue weighted by Crippen LogP contribution is 2.37. The van der Waals surface area contributed by atoms with Gasteiger partial charge in [-0.2, -0.15) is 0 Å². The van der Waals surface area contributed by atoms with Crippen LogP contribution in [0.2, 0.25) is 10.0 Å². The van der Waals surface area contributed by atoms with Crippen LogP contribution in [0.1, 0.15) is 50.0 Å². The second-order valence-electron chi connectivity index (χ2n) is 10.6. The minimum atomic E-state index is -0.637. The molecule has 4 rings (SSSR count). The number of ether oxygens (including phenoxy) is 4. The van der Waals surface area contributed by atoms with Gasteiger partial charge in [0.1, 0.15) is 24.7 Å². The SMILES string of the molecule is COC(=O)/C(=C/c1ccc2c(c1)OC[C@@H](c1ccc(OCc3ccc(Cl)c(Cl)c3)cc1)O2)NC(=O)CC(C)(C)C. The highest BCUT2D eigenvalue weighted by atomic mass is 35.5. The lowest BCUT2D eigenvalue weighted by atomic mass is 9.92. The van der Waals surface area contributed by atoms with Gasteiger partial charge in [-0.3, -0.25) is 4.79 Å². The summed E-state index contributed by atoms with van der Waals surface area (Å²) in [6.07, 6.45) is 1.51. The van der Waals surface area contributed by atoms with Crippen molar-refractivity contribution >= 4 is 41.2 Å². The Morgan fingerprint density at radius 3 is 2.42 bits per heavy atom. The number of hydrogen-bond acceptors (Lipinski definition) is 6. The fourth-order valence-electron chi connectivity index (χ4n) is 4.02. The second kappa shape index (κ2) is 12.7. The zero-order valence-electron chi connectivity index (χ0n) is 22.8. The average Bonchev–Trinajstić information content (AvgIpc) is 2.92. The Hall–Kier alpha value is -3.68. The van der Waals surface area contributed by atoms with Crippen molar-refractivity contribution in [3.63, 3.8) is 0 Å². The Labute approximate surface area is 244 Å². The van der Waals surface area contributed by atoms with E-state index in [-0.39, 0.29) is 29.5 Å². The van der Waals surface area contributed by atoms with E-state index in [2.05, 4.69) is 5.32 Å². The van der Waals surface area contributed by atoms with Crippen LogP contribution in [0.25, 0.3) is 6.08 Å². The number of hydrogen-bond donors (Lipinski definition) is 1. The number of carbonyl (C=O) groups is 2. The third kappa shape index (κ3) is 7.93. The summed E-state index contributed by atoms with van der Waals surface area (Å²) in [6, 6.07) is 18.3. The number of carbonyl (C=O) groups excluding carboxylic acids is 2. The third-order valence-corrected chi connectivity index (χ3v) is 6.69. The quantitative estimate of drug-likeness (QED) is 0.224. The molecule has 0 aliphatic carbocycles. The first-order valence-corrected chi connectivity index (χ1v) is 13.5. The van der Waals surface area contributed by atoms with Gasteiger partial charge in [0.05, 0.1) is 17.2 Å². The summed E-state index contributed by atoms with van der Waals surface area (Å²) in [5, 5.41) is 3.66. The summed E-state index contributed by atoms with van der Waals surface area (Å²) >= 11 is 12.0. The number of amides is 1. The molecule has 7 nitrogen and oxygen atoms in total. The molecule has 0 fully saturated rings. The van der Waals surface area contributed by atoms with Crippen molar-refractivity contribution in [3.8, 4) is 17.2 Å². The minimum absolute atomic E-state index is 0.0489. The van der Waals surface area contributed by atoms with Gasteiger partial charge in [0, 0.05) is 6.42 Å². The molecule has 0 radical (unpaired) electrons. The van der Waals surface area contributed by atoms with Crippen LogP contribution < -0.4 is 19.5 Å². The molecule has 0 saturated carbocycles. The van der Waals surface area contributed by atoms with Gasteiger partial charge in [0.2, 0.25) is 5.91 Å². The van der Waals surface area contributed by atoms with E-state index >= 15 is 0 Å². The molecular formula is C31H31Cl2NO6. The molecule has 1 aliphatic heterocycles. The fourth-order valence-corrected chi connectivity index (χ4v) is 4.34. The van der Waals surface area contributed by atoms with E-state index in [4.69, 9.17) is 42.1 Å². The molecule has 9 heteroatoms. The van der Waals surface area contributed by atoms with Crippen LogP contribution in [0.15, 0.2) is 66.4 Å². The molecule has 1 heterocycles. The van der Waals surface area contributed by atoms with Gasteiger partial charge in [-0.1, -0.05) is 68.2 Å². The molecule has 1 amide bonds. The van der Waals surface area contributed by atoms with E-state index in [1.165, 1.54) is 7.11 Å². The molecule has 0 saturated heterocycles. The van der Waals surface area contributed by atoms with Crippen LogP contribution in [-0.2, 0) is 20.9 Å². The van der Waals surface area contributed by atoms with Crippen LogP contribution in [0, 0.1) is 5.41 Å². The highest BCUT2D eigenvalue weighted by molar-refractivity contribution is 6.42. The Bertz CT molecular complexity index is 1410. The molecule has 0 unspecified atom stereocenters. The monoisotopic (exact) mass is 583 g/mol. The predicted octanol–water partition coefficient (Wildman–Crippen LogP) is 7.15. The van der Waals surface area contributed by atoms with Gasteiger partial charge in [0.25, 0.3) is 0 Å². The van der Waals surface area contributed by atoms with Gasteiger partial charge >= 0.3 is 5.97 Å². The zero-order chi connectivity index (χ0) is 28.9. The normalized spacial score (nSPS) is 14.8. The highest BCUT2D eigenvalue weighted by Gasteiger charge is 2.24. The Kier molecular flexibility index (Phi) is 9.28. The molecular weight excluding hydrogens is 553 g/mol. The first-order chi connectivity index (χ1) is 19.0. The standard InChI is InChI=1S/C31H31Cl2NO6/c1-31(2,3)16-29(35)34-25(30(36)37-4)14-19-6-12-26-27(15-19)39-18-28(40-26)21-7-9-22(10-8-21)38-17-20-5-11-23(32)24(33)13-20/h5-15,28H,16-18H2,1-4H3,(H,34,35)/b25-14-/t28-/m0/s1. The maximum Gasteiger partial charge on any atom is 0.354 e. The van der Waals surface area contributed by atoms with Crippen LogP contribution in [0.3, 0.4) is 0 Å². The maximum atomic E-state index is 12.4. The first kappa shape index (κ1) is 29.3. The molecule has 1 atom stereocenters. The van der Waals surface area contributed by atoms with Crippen LogP contribution in [0.4, 0.5) is 0 Å². The van der Waals surface area contributed by atoms with Gasteiger partial charge in [-0.15, -0.1) is 0 Å². The summed E-state index contributed by atoms with van der Waals surface area (Å²) in [5.74, 6) is 0.915. The van der Waals surface area contributed by atoms with Crippen LogP contribution in [0.5, 0.6) is 17.2 Å². The lowest BCUT2D eigenvalue weighted by molar-refractivity contribution is -0.137. The number of benzene rings is 3. The number of esters is 1. The molecule has 3 aromatic rings. The molecule has 0 bridgehead atoms. The van der Waals surface area contributed by atoms with Crippen molar-refractivity contribution < 1.29 is 28.5 Å². The Balaban J connectivity index is 1.40. The number of fused-ring (bicyclic) bond motifs is 1. The number of methoxy groups -OCH3 is 1. The molecule has 0 aromatic heterocycles. The van der Waals surface area contributed by atoms with Crippen molar-refractivity contribution in [1.82, 2.24) is 5.32 Å². The summed E-state index contributed by atoms with van der Waals surface area (Å²) in [5.41, 5.74) is 2.33. The van der Waals surface area contributed by atoms with Gasteiger partial charge in [-0.05, 0) is 64.6 Å². The number of rotatable bonds is 8. The molecule has 1 N–H and O–H groups in total. The van der Waals surface area contributed by atoms with Gasteiger partial charge < -0.3 is 24.3 Å². The van der Waals surface area contributed by atoms with Crippen molar-refractivity contribution in [3.05, 3.63) is 93.1 Å². The molecule has 3 aromatic carbocycles. The van der Waals surface area contributed by atoms with Crippen LogP contribution in [-0.4, -0.2) is 25.6 Å². The molecule has 40 heavy (non-hydrogen) atoms. The van der Waals surface area contributed by atoms with Crippen molar-refractivity contribution in [2.75, 3.05) is 13.7 Å². The molecule has 210 valence electrons. The number of halogens is 2. The van der Waals surface area contributed by atoms with E-state index in [1.54, 1.807) is 36.4 Å². The minimum Gasteiger partial charge on any atom is -0.489 e. The third-order valence-electron chi connectivity index (χ3n) is 5.95. The predicted molar refractivity (Wildman–Crippen MR) is 155 cm³/mol. The lowest BCUT2D eigenvalue weighted by Crippen LogP contribution is -2.30. The summed E-state index contributed by atoms with van der Waals surface area (Å²) < 4.78 is 22.9. The average molecular weight is 584 g/mol. The largest absolute Gasteiger partial charge is 0.489 e. The summed E-state index contributed by atoms with van der Waals surface area (Å²) in [4.78, 5) is 24.7. The maximum absolute atomic E-state index is 12.4. The van der Waals surface area contributed by atoms with Crippen molar-refractivity contribution in [2.45, 2.75) is 39.9 Å². The van der Waals surface area contributed by atoms with E-state index in [0.717, 1.165) is 11.1 Å². The van der Waals surface area contributed by atoms with Gasteiger partial charge in [-0.25, -0.2) is 4.79 Å². The molecule has 1 aliphatic rings. The number of nitrogens with one attached hydrogen (secondary N) is 1. The Morgan fingerprint density at radius 1 is 1.00 bits per heavy atom. The van der Waals surface area contributed by atoms with E-state index in [9.17, 15) is 9.59 Å². The topological polar surface area (TPSA) is 83.1 Å². The van der Waals surface area contributed by atoms with Crippen molar-refractivity contribution in [2.24, 2.45) is 5.41 Å². The van der Waals surface area contributed by atoms with E-state index in [1.807, 2.05) is 51.1 Å². The second-order valence-corrected chi connectivity index (χ2v) is 11.4. The smallest absolute Gasteiger partial charge is 0.354 e. The van der Waals surface area contributed by atoms with E-state index < -0.39 is 5.97 Å². The first-order valence-electron chi connectivity index (χ1n) is 12.7. The summed E-state index contributed by atoms with van der Waals surface area (Å²) in [7, 11) is 1.27.